The topological polar surface area (TPSA) is 26.3 Å². The van der Waals surface area contributed by atoms with Crippen LogP contribution in [0.5, 0.6) is 0 Å². The molecule has 0 unspecified atom stereocenters. The van der Waals surface area contributed by atoms with E-state index < -0.39 is 0 Å². The highest BCUT2D eigenvalue weighted by Gasteiger charge is 2.40. The number of allylic oxidation sites excluding steroid dienone is 5. The summed E-state index contributed by atoms with van der Waals surface area (Å²) in [7, 11) is 0. The molecule has 168 valence electrons. The Hall–Kier alpha value is -2.09. The van der Waals surface area contributed by atoms with E-state index in [2.05, 4.69) is 65.8 Å². The van der Waals surface area contributed by atoms with Gasteiger partial charge >= 0.3 is 5.97 Å². The first-order valence-corrected chi connectivity index (χ1v) is 11.8. The highest BCUT2D eigenvalue weighted by Crippen LogP contribution is 2.51. The van der Waals surface area contributed by atoms with Crippen LogP contribution in [0, 0.1) is 0 Å². The molecule has 2 nitrogen and oxygen atoms in total. The Kier molecular flexibility index (Phi) is 6.42. The zero-order valence-electron chi connectivity index (χ0n) is 20.8. The van der Waals surface area contributed by atoms with Gasteiger partial charge in [-0.3, -0.25) is 0 Å². The van der Waals surface area contributed by atoms with E-state index in [9.17, 15) is 4.79 Å². The highest BCUT2D eigenvalue weighted by atomic mass is 16.5. The Morgan fingerprint density at radius 1 is 0.935 bits per heavy atom. The Labute approximate surface area is 189 Å². The number of hydrogen-bond donors (Lipinski definition) is 0. The van der Waals surface area contributed by atoms with Gasteiger partial charge < -0.3 is 4.74 Å². The molecule has 2 aliphatic carbocycles. The van der Waals surface area contributed by atoms with Crippen molar-refractivity contribution in [1.29, 1.82) is 0 Å². The van der Waals surface area contributed by atoms with Crippen molar-refractivity contribution in [2.75, 3.05) is 6.61 Å². The van der Waals surface area contributed by atoms with Crippen LogP contribution >= 0.6 is 0 Å². The van der Waals surface area contributed by atoms with Crippen molar-refractivity contribution >= 4 is 11.5 Å². The lowest BCUT2D eigenvalue weighted by atomic mass is 9.60. The molecule has 3 rings (SSSR count). The number of carbonyl (C=O) groups excluding carboxylic acids is 1. The molecule has 0 aromatic heterocycles. The van der Waals surface area contributed by atoms with Crippen molar-refractivity contribution in [2.45, 2.75) is 97.3 Å². The Morgan fingerprint density at radius 3 is 2.13 bits per heavy atom. The fourth-order valence-electron chi connectivity index (χ4n) is 5.06. The summed E-state index contributed by atoms with van der Waals surface area (Å²) in [5.41, 5.74) is 8.89. The molecule has 31 heavy (non-hydrogen) atoms. The van der Waals surface area contributed by atoms with Crippen molar-refractivity contribution in [3.05, 3.63) is 64.3 Å². The third kappa shape index (κ3) is 4.89. The highest BCUT2D eigenvalue weighted by molar-refractivity contribution is 5.83. The summed E-state index contributed by atoms with van der Waals surface area (Å²) in [6, 6.07) is 5.04. The summed E-state index contributed by atoms with van der Waals surface area (Å²) in [5, 5.41) is 0. The monoisotopic (exact) mass is 420 g/mol. The van der Waals surface area contributed by atoms with Crippen LogP contribution in [0.3, 0.4) is 0 Å². The van der Waals surface area contributed by atoms with Crippen LogP contribution in [0.4, 0.5) is 0 Å². The molecule has 0 radical (unpaired) electrons. The average Bonchev–Trinajstić information content (AvgIpc) is 2.67. The van der Waals surface area contributed by atoms with Gasteiger partial charge in [0.25, 0.3) is 0 Å². The second-order valence-corrected chi connectivity index (χ2v) is 11.3. The van der Waals surface area contributed by atoms with E-state index in [1.165, 1.54) is 35.1 Å². The van der Waals surface area contributed by atoms with Gasteiger partial charge in [-0.15, -0.1) is 0 Å². The van der Waals surface area contributed by atoms with E-state index >= 15 is 0 Å². The smallest absolute Gasteiger partial charge is 0.330 e. The first kappa shape index (κ1) is 23.6. The van der Waals surface area contributed by atoms with Crippen LogP contribution in [0.25, 0.3) is 5.57 Å². The van der Waals surface area contributed by atoms with Gasteiger partial charge in [-0.05, 0) is 89.2 Å². The largest absolute Gasteiger partial charge is 0.463 e. The number of benzene rings is 1. The summed E-state index contributed by atoms with van der Waals surface area (Å²) in [6.45, 7) is 18.5. The predicted octanol–water partition coefficient (Wildman–Crippen LogP) is 7.56. The van der Waals surface area contributed by atoms with Crippen LogP contribution in [0.15, 0.2) is 42.0 Å². The summed E-state index contributed by atoms with van der Waals surface area (Å²) >= 11 is 0. The lowest BCUT2D eigenvalue weighted by Gasteiger charge is -2.44. The van der Waals surface area contributed by atoms with Gasteiger partial charge in [0.2, 0.25) is 0 Å². The first-order chi connectivity index (χ1) is 14.4. The Morgan fingerprint density at radius 2 is 1.52 bits per heavy atom. The lowest BCUT2D eigenvalue weighted by Crippen LogP contribution is -2.35. The van der Waals surface area contributed by atoms with Crippen LogP contribution in [0.1, 0.15) is 103 Å². The van der Waals surface area contributed by atoms with Gasteiger partial charge in [0.15, 0.2) is 0 Å². The van der Waals surface area contributed by atoms with Crippen molar-refractivity contribution < 1.29 is 9.53 Å². The molecule has 1 aromatic carbocycles. The number of ether oxygens (including phenoxy) is 1. The summed E-state index contributed by atoms with van der Waals surface area (Å²) in [4.78, 5) is 11.7. The van der Waals surface area contributed by atoms with E-state index in [1.54, 1.807) is 11.6 Å². The maximum Gasteiger partial charge on any atom is 0.330 e. The van der Waals surface area contributed by atoms with E-state index in [1.807, 2.05) is 19.9 Å². The quantitative estimate of drug-likeness (QED) is 0.285. The second kappa shape index (κ2) is 8.45. The molecule has 0 spiro atoms. The van der Waals surface area contributed by atoms with Crippen LogP contribution in [-0.4, -0.2) is 12.6 Å². The minimum Gasteiger partial charge on any atom is -0.463 e. The fraction of sp³-hybridized carbons (Fsp3) is 0.552. The Balaban J connectivity index is 2.04. The summed E-state index contributed by atoms with van der Waals surface area (Å²) < 4.78 is 5.00. The van der Waals surface area contributed by atoms with Crippen LogP contribution in [0.2, 0.25) is 0 Å². The zero-order valence-corrected chi connectivity index (χ0v) is 20.8. The SMILES string of the molecule is CCOC(=O)/C=C(C)/C=C/C=C1/CCC(C)(C)c2cc3c(cc21)C(C)(C)CCC3(C)C. The van der Waals surface area contributed by atoms with Crippen molar-refractivity contribution in [1.82, 2.24) is 0 Å². The van der Waals surface area contributed by atoms with E-state index in [4.69, 9.17) is 4.74 Å². The van der Waals surface area contributed by atoms with Crippen molar-refractivity contribution in [2.24, 2.45) is 0 Å². The van der Waals surface area contributed by atoms with E-state index in [-0.39, 0.29) is 22.2 Å². The molecule has 0 N–H and O–H groups in total. The molecular weight excluding hydrogens is 380 g/mol. The van der Waals surface area contributed by atoms with Crippen molar-refractivity contribution in [3.63, 3.8) is 0 Å². The minimum absolute atomic E-state index is 0.183. The molecular formula is C29H40O2. The third-order valence-corrected chi connectivity index (χ3v) is 7.37. The van der Waals surface area contributed by atoms with Crippen LogP contribution in [-0.2, 0) is 25.8 Å². The number of fused-ring (bicyclic) bond motifs is 2. The molecule has 0 aliphatic heterocycles. The standard InChI is InChI=1S/C29H40O2/c1-9-31-26(30)17-20(2)11-10-12-21-13-14-27(3,4)23-19-25-24(18-22(21)23)28(5,6)15-16-29(25,7)8/h10-12,17-19H,9,13-16H2,1-8H3/b11-10+,20-17+,21-12-. The number of esters is 1. The predicted molar refractivity (Wildman–Crippen MR) is 131 cm³/mol. The van der Waals surface area contributed by atoms with Crippen molar-refractivity contribution in [3.8, 4) is 0 Å². The zero-order chi connectivity index (χ0) is 23.0. The molecule has 0 heterocycles. The van der Waals surface area contributed by atoms with Gasteiger partial charge in [0.05, 0.1) is 6.61 Å². The summed E-state index contributed by atoms with van der Waals surface area (Å²) in [5.74, 6) is -0.279. The van der Waals surface area contributed by atoms with E-state index in [0.29, 0.717) is 6.61 Å². The Bertz CT molecular complexity index is 951. The van der Waals surface area contributed by atoms with Gasteiger partial charge in [0.1, 0.15) is 0 Å². The van der Waals surface area contributed by atoms with Gasteiger partial charge in [-0.2, -0.15) is 0 Å². The molecule has 0 atom stereocenters. The van der Waals surface area contributed by atoms with Gasteiger partial charge in [-0.25, -0.2) is 4.79 Å². The first-order valence-electron chi connectivity index (χ1n) is 11.8. The molecule has 0 saturated heterocycles. The van der Waals surface area contributed by atoms with Gasteiger partial charge in [-0.1, -0.05) is 71.9 Å². The fourth-order valence-corrected chi connectivity index (χ4v) is 5.06. The maximum atomic E-state index is 11.7. The minimum atomic E-state index is -0.279. The molecule has 0 amide bonds. The third-order valence-electron chi connectivity index (χ3n) is 7.37. The average molecular weight is 421 g/mol. The lowest BCUT2D eigenvalue weighted by molar-refractivity contribution is -0.137. The molecule has 0 bridgehead atoms. The second-order valence-electron chi connectivity index (χ2n) is 11.3. The molecule has 2 aliphatic rings. The normalized spacial score (nSPS) is 22.8. The molecule has 0 saturated carbocycles. The molecule has 2 heteroatoms. The van der Waals surface area contributed by atoms with Gasteiger partial charge in [0, 0.05) is 6.08 Å². The maximum absolute atomic E-state index is 11.7. The van der Waals surface area contributed by atoms with E-state index in [0.717, 1.165) is 18.4 Å². The molecule has 0 fully saturated rings. The number of rotatable bonds is 4. The molecule has 1 aromatic rings. The van der Waals surface area contributed by atoms with Crippen LogP contribution < -0.4 is 0 Å². The number of carbonyl (C=O) groups is 1. The number of hydrogen-bond acceptors (Lipinski definition) is 2. The summed E-state index contributed by atoms with van der Waals surface area (Å²) in [6.07, 6.45) is 12.6.